The maximum absolute atomic E-state index is 12.7. The number of unbranched alkanes of at least 4 members (excludes halogenated alkanes) is 4. The maximum atomic E-state index is 12.7. The smallest absolute Gasteiger partial charge is 0.306 e. The predicted molar refractivity (Wildman–Crippen MR) is 222 cm³/mol. The van der Waals surface area contributed by atoms with Gasteiger partial charge in [0.05, 0.1) is 19.3 Å². The summed E-state index contributed by atoms with van der Waals surface area (Å²) < 4.78 is 22.6. The quantitative estimate of drug-likeness (QED) is 0.0359. The number of hydrogen-bond acceptors (Lipinski definition) is 9. The summed E-state index contributed by atoms with van der Waals surface area (Å²) >= 11 is 0. The van der Waals surface area contributed by atoms with Crippen LogP contribution in [0.15, 0.2) is 97.2 Å². The average molecular weight is 769 g/mol. The molecular formula is C46H72O9. The third-order valence-corrected chi connectivity index (χ3v) is 8.81. The molecule has 1 aliphatic rings. The fraction of sp³-hybridized carbons (Fsp3) is 0.609. The van der Waals surface area contributed by atoms with Gasteiger partial charge in [-0.3, -0.25) is 9.59 Å². The van der Waals surface area contributed by atoms with E-state index in [0.29, 0.717) is 12.8 Å². The Morgan fingerprint density at radius 1 is 0.618 bits per heavy atom. The van der Waals surface area contributed by atoms with Crippen LogP contribution in [0.5, 0.6) is 0 Å². The first-order valence-electron chi connectivity index (χ1n) is 20.6. The number of carbonyl (C=O) groups is 2. The molecule has 0 aromatic rings. The highest BCUT2D eigenvalue weighted by Crippen LogP contribution is 2.27. The minimum absolute atomic E-state index is 0.145. The third kappa shape index (κ3) is 27.0. The van der Waals surface area contributed by atoms with Crippen molar-refractivity contribution >= 4 is 11.9 Å². The van der Waals surface area contributed by atoms with Crippen LogP contribution in [0.25, 0.3) is 0 Å². The lowest BCUT2D eigenvalue weighted by Crippen LogP contribution is -2.55. The highest BCUT2D eigenvalue weighted by molar-refractivity contribution is 5.70. The second kappa shape index (κ2) is 35.1. The van der Waals surface area contributed by atoms with E-state index in [-0.39, 0.29) is 26.1 Å². The largest absolute Gasteiger partial charge is 0.462 e. The molecule has 0 aliphatic carbocycles. The molecule has 6 unspecified atom stereocenters. The number of hydrogen-bond donors (Lipinski definition) is 3. The third-order valence-electron chi connectivity index (χ3n) is 8.81. The number of aliphatic hydroxyl groups excluding tert-OH is 3. The second-order valence-corrected chi connectivity index (χ2v) is 13.7. The number of ether oxygens (including phenoxy) is 4. The molecule has 0 spiro atoms. The van der Waals surface area contributed by atoms with Gasteiger partial charge in [-0.2, -0.15) is 0 Å². The maximum Gasteiger partial charge on any atom is 0.306 e. The summed E-state index contributed by atoms with van der Waals surface area (Å²) in [6, 6.07) is 0. The number of aliphatic hydroxyl groups is 3. The Hall–Kier alpha value is -3.34. The van der Waals surface area contributed by atoms with Crippen molar-refractivity contribution in [2.24, 2.45) is 5.92 Å². The van der Waals surface area contributed by atoms with Gasteiger partial charge in [0.1, 0.15) is 18.8 Å². The lowest BCUT2D eigenvalue weighted by atomic mass is 9.92. The highest BCUT2D eigenvalue weighted by Gasteiger charge is 2.42. The molecule has 1 saturated heterocycles. The van der Waals surface area contributed by atoms with Gasteiger partial charge in [-0.25, -0.2) is 0 Å². The lowest BCUT2D eigenvalue weighted by molar-refractivity contribution is -0.287. The fourth-order valence-corrected chi connectivity index (χ4v) is 5.46. The lowest BCUT2D eigenvalue weighted by Gasteiger charge is -2.40. The topological polar surface area (TPSA) is 132 Å². The zero-order chi connectivity index (χ0) is 40.2. The summed E-state index contributed by atoms with van der Waals surface area (Å²) in [5, 5.41) is 30.1. The number of carbonyl (C=O) groups excluding carboxylic acids is 2. The molecule has 1 rings (SSSR count). The Kier molecular flexibility index (Phi) is 31.7. The summed E-state index contributed by atoms with van der Waals surface area (Å²) in [7, 11) is 0. The molecule has 0 radical (unpaired) electrons. The summed E-state index contributed by atoms with van der Waals surface area (Å²) in [5.74, 6) is -1.48. The van der Waals surface area contributed by atoms with Crippen LogP contribution in [0.4, 0.5) is 0 Å². The van der Waals surface area contributed by atoms with Gasteiger partial charge in [0.25, 0.3) is 0 Å². The van der Waals surface area contributed by atoms with E-state index in [1.165, 1.54) is 19.3 Å². The monoisotopic (exact) mass is 769 g/mol. The molecule has 0 amide bonds. The van der Waals surface area contributed by atoms with Crippen molar-refractivity contribution in [2.45, 2.75) is 154 Å². The van der Waals surface area contributed by atoms with Crippen LogP contribution in [0.3, 0.4) is 0 Å². The van der Waals surface area contributed by atoms with Crippen LogP contribution in [-0.2, 0) is 28.5 Å². The standard InChI is InChI=1S/C46H72O9/c1-4-6-8-10-12-14-16-18-19-20-21-23-24-26-28-30-32-34-42(48)52-37-40(38-53-46-39(3)44(50)45(51)41(36-47)55-46)54-43(49)35-33-31-29-27-25-22-17-15-13-11-9-7-5-2/h6,8,12-15,18-19,21-23,25-26,28-29,31,39-41,44-47,50-51H,4-5,7,9-11,16-17,20,24,27,30,32-38H2,1-3H3/b8-6-,14-12-,15-13-,19-18-,23-21-,25-22-,28-26-,31-29-. The first-order chi connectivity index (χ1) is 26.8. The minimum Gasteiger partial charge on any atom is -0.462 e. The summed E-state index contributed by atoms with van der Waals surface area (Å²) in [6.45, 7) is 5.13. The SMILES string of the molecule is CC/C=C\C/C=C\C/C=C\C/C=C\C/C=C\CCCC(=O)OCC(COC1OC(CO)C(O)C(O)C1C)OC(=O)CC/C=C\C/C=C\C/C=C\CCCCC. The van der Waals surface area contributed by atoms with E-state index in [1.807, 2.05) is 12.2 Å². The Morgan fingerprint density at radius 3 is 1.65 bits per heavy atom. The molecule has 0 bridgehead atoms. The van der Waals surface area contributed by atoms with Crippen molar-refractivity contribution in [1.29, 1.82) is 0 Å². The van der Waals surface area contributed by atoms with Crippen LogP contribution >= 0.6 is 0 Å². The fourth-order valence-electron chi connectivity index (χ4n) is 5.46. The molecule has 1 heterocycles. The molecule has 6 atom stereocenters. The van der Waals surface area contributed by atoms with Crippen LogP contribution in [0.1, 0.15) is 124 Å². The van der Waals surface area contributed by atoms with Crippen molar-refractivity contribution in [1.82, 2.24) is 0 Å². The van der Waals surface area contributed by atoms with E-state index in [4.69, 9.17) is 18.9 Å². The Balaban J connectivity index is 2.47. The van der Waals surface area contributed by atoms with Crippen LogP contribution in [0, 0.1) is 5.92 Å². The van der Waals surface area contributed by atoms with Crippen molar-refractivity contribution in [3.8, 4) is 0 Å². The molecule has 1 aliphatic heterocycles. The highest BCUT2D eigenvalue weighted by atomic mass is 16.7. The van der Waals surface area contributed by atoms with Gasteiger partial charge in [-0.1, -0.05) is 131 Å². The number of rotatable bonds is 31. The molecule has 0 aromatic carbocycles. The van der Waals surface area contributed by atoms with E-state index >= 15 is 0 Å². The van der Waals surface area contributed by atoms with Crippen molar-refractivity contribution in [3.05, 3.63) is 97.2 Å². The number of esters is 2. The molecule has 0 aromatic heterocycles. The van der Waals surface area contributed by atoms with Gasteiger partial charge in [-0.05, 0) is 77.0 Å². The van der Waals surface area contributed by atoms with Crippen molar-refractivity contribution in [2.75, 3.05) is 19.8 Å². The molecular weight excluding hydrogens is 696 g/mol. The zero-order valence-electron chi connectivity index (χ0n) is 33.9. The van der Waals surface area contributed by atoms with E-state index in [1.54, 1.807) is 6.92 Å². The first kappa shape index (κ1) is 49.7. The molecule has 0 saturated carbocycles. The Labute approximate surface area is 332 Å². The van der Waals surface area contributed by atoms with E-state index < -0.39 is 55.2 Å². The Morgan fingerprint density at radius 2 is 1.13 bits per heavy atom. The van der Waals surface area contributed by atoms with Gasteiger partial charge in [-0.15, -0.1) is 0 Å². The molecule has 3 N–H and O–H groups in total. The number of allylic oxidation sites excluding steroid dienone is 16. The van der Waals surface area contributed by atoms with E-state index in [0.717, 1.165) is 57.8 Å². The first-order valence-corrected chi connectivity index (χ1v) is 20.6. The van der Waals surface area contributed by atoms with E-state index in [2.05, 4.69) is 98.9 Å². The van der Waals surface area contributed by atoms with Gasteiger partial charge in [0, 0.05) is 18.8 Å². The normalized spacial score (nSPS) is 21.6. The van der Waals surface area contributed by atoms with Crippen LogP contribution in [0.2, 0.25) is 0 Å². The minimum atomic E-state index is -1.26. The van der Waals surface area contributed by atoms with Crippen molar-refractivity contribution in [3.63, 3.8) is 0 Å². The van der Waals surface area contributed by atoms with Crippen LogP contribution < -0.4 is 0 Å². The molecule has 9 nitrogen and oxygen atoms in total. The predicted octanol–water partition coefficient (Wildman–Crippen LogP) is 9.26. The van der Waals surface area contributed by atoms with Crippen molar-refractivity contribution < 1.29 is 43.9 Å². The zero-order valence-corrected chi connectivity index (χ0v) is 33.9. The average Bonchev–Trinajstić information content (AvgIpc) is 3.18. The molecule has 9 heteroatoms. The van der Waals surface area contributed by atoms with Gasteiger partial charge in [0.15, 0.2) is 12.4 Å². The van der Waals surface area contributed by atoms with Gasteiger partial charge in [0.2, 0.25) is 0 Å². The summed E-state index contributed by atoms with van der Waals surface area (Å²) in [4.78, 5) is 25.3. The molecule has 55 heavy (non-hydrogen) atoms. The Bertz CT molecular complexity index is 1210. The van der Waals surface area contributed by atoms with E-state index in [9.17, 15) is 24.9 Å². The second-order valence-electron chi connectivity index (χ2n) is 13.7. The summed E-state index contributed by atoms with van der Waals surface area (Å²) in [5.41, 5.74) is 0. The molecule has 1 fully saturated rings. The van der Waals surface area contributed by atoms with Crippen LogP contribution in [-0.4, -0.2) is 77.8 Å². The van der Waals surface area contributed by atoms with Gasteiger partial charge < -0.3 is 34.3 Å². The summed E-state index contributed by atoms with van der Waals surface area (Å²) in [6.07, 6.45) is 42.2. The van der Waals surface area contributed by atoms with Gasteiger partial charge >= 0.3 is 11.9 Å². The molecule has 310 valence electrons.